The van der Waals surface area contributed by atoms with E-state index in [-0.39, 0.29) is 42.0 Å². The fraction of sp³-hybridized carbons (Fsp3) is 0.571. The largest absolute Gasteiger partial charge is 0.450 e. The lowest BCUT2D eigenvalue weighted by molar-refractivity contribution is -0.131. The van der Waals surface area contributed by atoms with Gasteiger partial charge in [-0.25, -0.2) is 4.79 Å². The molecule has 2 heterocycles. The number of rotatable bonds is 6. The summed E-state index contributed by atoms with van der Waals surface area (Å²) < 4.78 is 5.02. The molecule has 1 saturated heterocycles. The number of guanidine groups is 1. The first-order chi connectivity index (χ1) is 14.1. The number of hydrogen-bond acceptors (Lipinski definition) is 4. The van der Waals surface area contributed by atoms with Crippen LogP contribution in [0.15, 0.2) is 29.3 Å². The summed E-state index contributed by atoms with van der Waals surface area (Å²) in [6, 6.07) is 8.39. The van der Waals surface area contributed by atoms with Crippen LogP contribution in [0.2, 0.25) is 0 Å². The van der Waals surface area contributed by atoms with Crippen molar-refractivity contribution in [2.45, 2.75) is 51.7 Å². The Morgan fingerprint density at radius 3 is 2.40 bits per heavy atom. The van der Waals surface area contributed by atoms with Crippen LogP contribution in [0, 0.1) is 0 Å². The third-order valence-electron chi connectivity index (χ3n) is 5.40. The number of nitrogens with two attached hydrogens (primary N) is 1. The van der Waals surface area contributed by atoms with E-state index in [1.54, 1.807) is 11.8 Å². The molecule has 0 aliphatic carbocycles. The van der Waals surface area contributed by atoms with E-state index in [4.69, 9.17) is 10.5 Å². The summed E-state index contributed by atoms with van der Waals surface area (Å²) in [5, 5.41) is 3.22. The van der Waals surface area contributed by atoms with Gasteiger partial charge >= 0.3 is 6.09 Å². The molecule has 30 heavy (non-hydrogen) atoms. The third kappa shape index (κ3) is 6.75. The Morgan fingerprint density at radius 2 is 1.80 bits per heavy atom. The molecule has 0 unspecified atom stereocenters. The molecule has 0 bridgehead atoms. The SMILES string of the molecule is CCOC(=O)N1CCC(NC(N)=NCCCC(=O)N2Cc3ccccc3C2)CC1.I. The molecule has 1 aromatic carbocycles. The summed E-state index contributed by atoms with van der Waals surface area (Å²) in [5.74, 6) is 0.565. The standard InChI is InChI=1S/C21H31N5O3.HI/c1-2-29-21(28)25-12-9-18(10-13-25)24-20(22)23-11-5-8-19(27)26-14-16-6-3-4-7-17(16)15-26;/h3-4,6-7,18H,2,5,8-15H2,1H3,(H3,22,23,24);1H. The zero-order chi connectivity index (χ0) is 20.6. The molecule has 0 saturated carbocycles. The van der Waals surface area contributed by atoms with Crippen molar-refractivity contribution in [2.24, 2.45) is 10.7 Å². The molecule has 3 rings (SSSR count). The highest BCUT2D eigenvalue weighted by Gasteiger charge is 2.24. The minimum atomic E-state index is -0.252. The molecule has 8 nitrogen and oxygen atoms in total. The van der Waals surface area contributed by atoms with Crippen LogP contribution in [0.3, 0.4) is 0 Å². The molecule has 9 heteroatoms. The number of hydrogen-bond donors (Lipinski definition) is 2. The van der Waals surface area contributed by atoms with Gasteiger partial charge in [-0.2, -0.15) is 0 Å². The zero-order valence-corrected chi connectivity index (χ0v) is 19.8. The monoisotopic (exact) mass is 529 g/mol. The molecule has 0 aromatic heterocycles. The van der Waals surface area contributed by atoms with Crippen molar-refractivity contribution in [3.05, 3.63) is 35.4 Å². The van der Waals surface area contributed by atoms with Crippen molar-refractivity contribution in [1.82, 2.24) is 15.1 Å². The average Bonchev–Trinajstić information content (AvgIpc) is 3.16. The molecule has 2 amide bonds. The van der Waals surface area contributed by atoms with Crippen molar-refractivity contribution >= 4 is 41.9 Å². The third-order valence-corrected chi connectivity index (χ3v) is 5.40. The first kappa shape index (κ1) is 24.2. The summed E-state index contributed by atoms with van der Waals surface area (Å²) >= 11 is 0. The van der Waals surface area contributed by atoms with Gasteiger partial charge in [0.25, 0.3) is 0 Å². The topological polar surface area (TPSA) is 100 Å². The maximum Gasteiger partial charge on any atom is 0.409 e. The number of carbonyl (C=O) groups excluding carboxylic acids is 2. The van der Waals surface area contributed by atoms with Gasteiger partial charge in [-0.05, 0) is 37.3 Å². The summed E-state index contributed by atoms with van der Waals surface area (Å²) in [5.41, 5.74) is 8.46. The van der Waals surface area contributed by atoms with Crippen LogP contribution in [0.25, 0.3) is 0 Å². The lowest BCUT2D eigenvalue weighted by Gasteiger charge is -2.31. The van der Waals surface area contributed by atoms with Crippen LogP contribution in [0.5, 0.6) is 0 Å². The van der Waals surface area contributed by atoms with Crippen LogP contribution >= 0.6 is 24.0 Å². The Bertz CT molecular complexity index is 725. The Balaban J connectivity index is 0.00000320. The summed E-state index contributed by atoms with van der Waals surface area (Å²) in [4.78, 5) is 32.1. The second-order valence-corrected chi connectivity index (χ2v) is 7.49. The van der Waals surface area contributed by atoms with E-state index in [1.807, 2.05) is 17.0 Å². The van der Waals surface area contributed by atoms with E-state index in [1.165, 1.54) is 11.1 Å². The van der Waals surface area contributed by atoms with Gasteiger partial charge in [0.2, 0.25) is 5.91 Å². The van der Waals surface area contributed by atoms with Gasteiger partial charge in [-0.3, -0.25) is 9.79 Å². The number of ether oxygens (including phenoxy) is 1. The Labute approximate surface area is 195 Å². The fourth-order valence-corrected chi connectivity index (χ4v) is 3.77. The van der Waals surface area contributed by atoms with E-state index in [0.717, 1.165) is 12.8 Å². The van der Waals surface area contributed by atoms with Gasteiger partial charge in [-0.1, -0.05) is 24.3 Å². The molecule has 3 N–H and O–H groups in total. The van der Waals surface area contributed by atoms with Gasteiger partial charge in [0.15, 0.2) is 5.96 Å². The van der Waals surface area contributed by atoms with Crippen LogP contribution in [0.4, 0.5) is 4.79 Å². The first-order valence-electron chi connectivity index (χ1n) is 10.4. The molecule has 2 aliphatic rings. The number of aliphatic imine (C=N–C) groups is 1. The number of benzene rings is 1. The van der Waals surface area contributed by atoms with Crippen LogP contribution in [-0.4, -0.2) is 60.0 Å². The van der Waals surface area contributed by atoms with Crippen molar-refractivity contribution < 1.29 is 14.3 Å². The first-order valence-corrected chi connectivity index (χ1v) is 10.4. The highest BCUT2D eigenvalue weighted by molar-refractivity contribution is 14.0. The maximum atomic E-state index is 12.4. The second-order valence-electron chi connectivity index (χ2n) is 7.49. The summed E-state index contributed by atoms with van der Waals surface area (Å²) in [6.07, 6.45) is 2.52. The van der Waals surface area contributed by atoms with Crippen molar-refractivity contribution in [3.8, 4) is 0 Å². The highest BCUT2D eigenvalue weighted by atomic mass is 127. The van der Waals surface area contributed by atoms with E-state index >= 15 is 0 Å². The smallest absolute Gasteiger partial charge is 0.409 e. The van der Waals surface area contributed by atoms with Crippen molar-refractivity contribution in [2.75, 3.05) is 26.2 Å². The summed E-state index contributed by atoms with van der Waals surface area (Å²) in [6.45, 7) is 5.42. The normalized spacial score (nSPS) is 16.6. The number of halogens is 1. The maximum absolute atomic E-state index is 12.4. The number of amides is 2. The molecule has 1 aromatic rings. The second kappa shape index (κ2) is 12.0. The molecular weight excluding hydrogens is 497 g/mol. The zero-order valence-electron chi connectivity index (χ0n) is 17.5. The number of carbonyl (C=O) groups is 2. The number of likely N-dealkylation sites (tertiary alicyclic amines) is 1. The fourth-order valence-electron chi connectivity index (χ4n) is 3.77. The van der Waals surface area contributed by atoms with Crippen molar-refractivity contribution in [1.29, 1.82) is 0 Å². The molecule has 0 spiro atoms. The average molecular weight is 529 g/mol. The van der Waals surface area contributed by atoms with Gasteiger partial charge in [0, 0.05) is 45.2 Å². The molecule has 1 fully saturated rings. The van der Waals surface area contributed by atoms with Gasteiger partial charge in [0.05, 0.1) is 6.61 Å². The molecular formula is C21H32IN5O3. The van der Waals surface area contributed by atoms with Crippen LogP contribution in [0.1, 0.15) is 43.7 Å². The number of fused-ring (bicyclic) bond motifs is 1. The van der Waals surface area contributed by atoms with E-state index in [9.17, 15) is 9.59 Å². The molecule has 166 valence electrons. The lowest BCUT2D eigenvalue weighted by Crippen LogP contribution is -2.48. The molecule has 0 radical (unpaired) electrons. The number of piperidine rings is 1. The Hall–Kier alpha value is -2.04. The minimum absolute atomic E-state index is 0. The van der Waals surface area contributed by atoms with Crippen LogP contribution < -0.4 is 11.1 Å². The minimum Gasteiger partial charge on any atom is -0.450 e. The quantitative estimate of drug-likeness (QED) is 0.255. The predicted molar refractivity (Wildman–Crippen MR) is 127 cm³/mol. The van der Waals surface area contributed by atoms with E-state index in [2.05, 4.69) is 22.4 Å². The molecule has 2 aliphatic heterocycles. The Morgan fingerprint density at radius 1 is 1.17 bits per heavy atom. The van der Waals surface area contributed by atoms with Gasteiger partial charge in [-0.15, -0.1) is 24.0 Å². The van der Waals surface area contributed by atoms with E-state index in [0.29, 0.717) is 58.1 Å². The van der Waals surface area contributed by atoms with Gasteiger partial charge in [0.1, 0.15) is 0 Å². The Kier molecular flexibility index (Phi) is 9.67. The number of nitrogens with one attached hydrogen (secondary N) is 1. The van der Waals surface area contributed by atoms with E-state index < -0.39 is 0 Å². The highest BCUT2D eigenvalue weighted by Crippen LogP contribution is 2.22. The van der Waals surface area contributed by atoms with Gasteiger partial charge < -0.3 is 25.6 Å². The van der Waals surface area contributed by atoms with Crippen LogP contribution in [-0.2, 0) is 22.6 Å². The summed E-state index contributed by atoms with van der Waals surface area (Å²) in [7, 11) is 0. The predicted octanol–water partition coefficient (Wildman–Crippen LogP) is 2.45. The molecule has 0 atom stereocenters. The number of nitrogens with zero attached hydrogens (tertiary/aromatic N) is 3. The lowest BCUT2D eigenvalue weighted by atomic mass is 10.1. The van der Waals surface area contributed by atoms with Crippen molar-refractivity contribution in [3.63, 3.8) is 0 Å².